The maximum absolute atomic E-state index is 12.1. The Morgan fingerprint density at radius 2 is 1.46 bits per heavy atom. The van der Waals surface area contributed by atoms with E-state index < -0.39 is 5.91 Å². The van der Waals surface area contributed by atoms with Crippen LogP contribution < -0.4 is 24.7 Å². The molecule has 0 spiro atoms. The fourth-order valence-corrected chi connectivity index (χ4v) is 3.14. The van der Waals surface area contributed by atoms with Crippen molar-refractivity contribution < 1.29 is 23.7 Å². The van der Waals surface area contributed by atoms with Gasteiger partial charge in [0.05, 0.1) is 28.4 Å². The number of nitrogens with one attached hydrogen (secondary N) is 1. The molecule has 0 radical (unpaired) electrons. The van der Waals surface area contributed by atoms with E-state index in [1.165, 1.54) is 21.3 Å². The Kier molecular flexibility index (Phi) is 5.44. The molecule has 1 heterocycles. The van der Waals surface area contributed by atoms with Crippen LogP contribution in [0.5, 0.6) is 23.0 Å². The molecule has 0 fully saturated rings. The number of amides is 1. The largest absolute Gasteiger partial charge is 0.497 e. The van der Waals surface area contributed by atoms with E-state index in [-0.39, 0.29) is 0 Å². The van der Waals surface area contributed by atoms with E-state index in [1.807, 2.05) is 24.3 Å². The maximum Gasteiger partial charge on any atom is 0.265 e. The lowest BCUT2D eigenvalue weighted by Gasteiger charge is -2.15. The van der Waals surface area contributed by atoms with E-state index >= 15 is 0 Å². The highest BCUT2D eigenvalue weighted by molar-refractivity contribution is 6.03. The summed E-state index contributed by atoms with van der Waals surface area (Å²) in [6.45, 7) is 0. The molecule has 7 heteroatoms. The average Bonchev–Trinajstić information content (AvgIpc) is 3.18. The van der Waals surface area contributed by atoms with Gasteiger partial charge in [0.1, 0.15) is 11.4 Å². The summed E-state index contributed by atoms with van der Waals surface area (Å²) in [5.41, 5.74) is 8.96. The molecule has 3 rings (SSSR count). The normalized spacial score (nSPS) is 10.4. The smallest absolute Gasteiger partial charge is 0.265 e. The quantitative estimate of drug-likeness (QED) is 0.652. The minimum Gasteiger partial charge on any atom is -0.497 e. The Morgan fingerprint density at radius 1 is 0.857 bits per heavy atom. The second-order valence-corrected chi connectivity index (χ2v) is 5.96. The number of hydrogen-bond acceptors (Lipinski definition) is 5. The third kappa shape index (κ3) is 3.34. The van der Waals surface area contributed by atoms with Crippen LogP contribution in [-0.2, 0) is 0 Å². The Labute approximate surface area is 163 Å². The van der Waals surface area contributed by atoms with Gasteiger partial charge in [0.15, 0.2) is 11.5 Å². The monoisotopic (exact) mass is 382 g/mol. The van der Waals surface area contributed by atoms with Crippen molar-refractivity contribution in [2.75, 3.05) is 28.4 Å². The van der Waals surface area contributed by atoms with E-state index in [1.54, 1.807) is 25.4 Å². The van der Waals surface area contributed by atoms with Crippen molar-refractivity contribution in [3.63, 3.8) is 0 Å². The highest BCUT2D eigenvalue weighted by Gasteiger charge is 2.22. The van der Waals surface area contributed by atoms with Gasteiger partial charge < -0.3 is 29.7 Å². The van der Waals surface area contributed by atoms with Crippen LogP contribution in [0.4, 0.5) is 0 Å². The van der Waals surface area contributed by atoms with Gasteiger partial charge in [0.25, 0.3) is 5.91 Å². The number of carbonyl (C=O) groups is 1. The van der Waals surface area contributed by atoms with Crippen LogP contribution in [0.15, 0.2) is 42.6 Å². The molecule has 0 aliphatic rings. The molecule has 0 unspecified atom stereocenters. The van der Waals surface area contributed by atoms with Gasteiger partial charge in [-0.05, 0) is 35.4 Å². The van der Waals surface area contributed by atoms with Crippen LogP contribution in [0.25, 0.3) is 22.3 Å². The third-order valence-corrected chi connectivity index (χ3v) is 4.48. The minimum absolute atomic E-state index is 0.292. The molecule has 7 nitrogen and oxygen atoms in total. The van der Waals surface area contributed by atoms with Crippen LogP contribution in [0.3, 0.4) is 0 Å². The molecule has 1 aromatic heterocycles. The number of primary amides is 1. The number of benzene rings is 2. The number of H-pyrrole nitrogens is 1. The lowest BCUT2D eigenvalue weighted by molar-refractivity contribution is 0.0997. The van der Waals surface area contributed by atoms with Gasteiger partial charge in [0, 0.05) is 17.3 Å². The highest BCUT2D eigenvalue weighted by atomic mass is 16.5. The molecule has 28 heavy (non-hydrogen) atoms. The molecular formula is C21H22N2O5. The summed E-state index contributed by atoms with van der Waals surface area (Å²) in [7, 11) is 6.22. The number of methoxy groups -OCH3 is 4. The van der Waals surface area contributed by atoms with Crippen molar-refractivity contribution in [2.24, 2.45) is 5.73 Å². The summed E-state index contributed by atoms with van der Waals surface area (Å²) in [5, 5.41) is 0. The molecule has 146 valence electrons. The van der Waals surface area contributed by atoms with Crippen LogP contribution in [-0.4, -0.2) is 39.3 Å². The van der Waals surface area contributed by atoms with Crippen LogP contribution in [0.2, 0.25) is 0 Å². The summed E-state index contributed by atoms with van der Waals surface area (Å²) < 4.78 is 21.5. The van der Waals surface area contributed by atoms with Crippen molar-refractivity contribution in [2.45, 2.75) is 0 Å². The zero-order valence-electron chi connectivity index (χ0n) is 16.2. The van der Waals surface area contributed by atoms with Crippen molar-refractivity contribution in [3.8, 4) is 45.3 Å². The molecule has 0 saturated carbocycles. The molecule has 0 saturated heterocycles. The molecule has 0 aliphatic heterocycles. The first kappa shape index (κ1) is 19.2. The summed E-state index contributed by atoms with van der Waals surface area (Å²) in [6, 6.07) is 11.1. The second-order valence-electron chi connectivity index (χ2n) is 5.96. The number of hydrogen-bond donors (Lipinski definition) is 2. The lowest BCUT2D eigenvalue weighted by Crippen LogP contribution is -2.12. The lowest BCUT2D eigenvalue weighted by atomic mass is 9.95. The Balaban J connectivity index is 2.25. The molecular weight excluding hydrogens is 360 g/mol. The van der Waals surface area contributed by atoms with Crippen molar-refractivity contribution in [3.05, 3.63) is 48.3 Å². The summed E-state index contributed by atoms with van der Waals surface area (Å²) in [5.74, 6) is 1.60. The molecule has 0 atom stereocenters. The van der Waals surface area contributed by atoms with Gasteiger partial charge in [-0.1, -0.05) is 12.1 Å². The number of aromatic nitrogens is 1. The fraction of sp³-hybridized carbons (Fsp3) is 0.190. The van der Waals surface area contributed by atoms with Crippen molar-refractivity contribution >= 4 is 5.91 Å². The van der Waals surface area contributed by atoms with E-state index in [2.05, 4.69) is 4.98 Å². The van der Waals surface area contributed by atoms with Gasteiger partial charge in [-0.2, -0.15) is 0 Å². The summed E-state index contributed by atoms with van der Waals surface area (Å²) in [6.07, 6.45) is 1.75. The second kappa shape index (κ2) is 7.96. The molecule has 3 aromatic rings. The summed E-state index contributed by atoms with van der Waals surface area (Å²) in [4.78, 5) is 15.0. The Morgan fingerprint density at radius 3 is 1.93 bits per heavy atom. The van der Waals surface area contributed by atoms with E-state index in [4.69, 9.17) is 24.7 Å². The predicted octanol–water partition coefficient (Wildman–Crippen LogP) is 3.48. The molecule has 2 aromatic carbocycles. The first-order chi connectivity index (χ1) is 13.5. The van der Waals surface area contributed by atoms with Crippen LogP contribution >= 0.6 is 0 Å². The number of nitrogens with two attached hydrogens (primary N) is 1. The maximum atomic E-state index is 12.1. The topological polar surface area (TPSA) is 95.8 Å². The Bertz CT molecular complexity index is 968. The van der Waals surface area contributed by atoms with Crippen LogP contribution in [0.1, 0.15) is 10.5 Å². The molecule has 0 aliphatic carbocycles. The van der Waals surface area contributed by atoms with E-state index in [0.29, 0.717) is 34.1 Å². The molecule has 3 N–H and O–H groups in total. The molecule has 0 bridgehead atoms. The standard InChI is InChI=1S/C21H22N2O5/c1-25-14-7-5-12(6-8-14)15-11-23-19(21(22)24)18(15)13-9-16(26-2)20(28-4)17(10-13)27-3/h5-11,23H,1-4H3,(H2,22,24). The van der Waals surface area contributed by atoms with E-state index in [9.17, 15) is 4.79 Å². The minimum atomic E-state index is -0.566. The number of ether oxygens (including phenoxy) is 4. The van der Waals surface area contributed by atoms with Gasteiger partial charge >= 0.3 is 0 Å². The van der Waals surface area contributed by atoms with Crippen LogP contribution in [0, 0.1) is 0 Å². The average molecular weight is 382 g/mol. The number of carbonyl (C=O) groups excluding carboxylic acids is 1. The number of aromatic amines is 1. The highest BCUT2D eigenvalue weighted by Crippen LogP contribution is 2.44. The Hall–Kier alpha value is -3.61. The molecule has 1 amide bonds. The van der Waals surface area contributed by atoms with Crippen molar-refractivity contribution in [1.29, 1.82) is 0 Å². The van der Waals surface area contributed by atoms with Gasteiger partial charge in [-0.25, -0.2) is 0 Å². The first-order valence-corrected chi connectivity index (χ1v) is 8.50. The predicted molar refractivity (Wildman–Crippen MR) is 106 cm³/mol. The first-order valence-electron chi connectivity index (χ1n) is 8.50. The number of rotatable bonds is 7. The fourth-order valence-electron chi connectivity index (χ4n) is 3.14. The SMILES string of the molecule is COc1ccc(-c2c[nH]c(C(N)=O)c2-c2cc(OC)c(OC)c(OC)c2)cc1. The van der Waals surface area contributed by atoms with Gasteiger partial charge in [-0.15, -0.1) is 0 Å². The third-order valence-electron chi connectivity index (χ3n) is 4.48. The zero-order chi connectivity index (χ0) is 20.3. The summed E-state index contributed by atoms with van der Waals surface area (Å²) >= 11 is 0. The van der Waals surface area contributed by atoms with Gasteiger partial charge in [-0.3, -0.25) is 4.79 Å². The van der Waals surface area contributed by atoms with Crippen molar-refractivity contribution in [1.82, 2.24) is 4.98 Å². The zero-order valence-corrected chi connectivity index (χ0v) is 16.2. The van der Waals surface area contributed by atoms with E-state index in [0.717, 1.165) is 16.9 Å². The van der Waals surface area contributed by atoms with Gasteiger partial charge in [0.2, 0.25) is 5.75 Å².